The molecule has 0 atom stereocenters. The van der Waals surface area contributed by atoms with E-state index in [0.29, 0.717) is 5.41 Å². The Morgan fingerprint density at radius 1 is 0.900 bits per heavy atom. The lowest BCUT2D eigenvalue weighted by Crippen LogP contribution is -1.93. The van der Waals surface area contributed by atoms with Gasteiger partial charge in [0.15, 0.2) is 0 Å². The van der Waals surface area contributed by atoms with E-state index in [-0.39, 0.29) is 0 Å². The summed E-state index contributed by atoms with van der Waals surface area (Å²) < 4.78 is 0. The molecular formula is C9H17N. The van der Waals surface area contributed by atoms with E-state index >= 15 is 0 Å². The maximum absolute atomic E-state index is 2.86. The molecule has 0 unspecified atom stereocenters. The van der Waals surface area contributed by atoms with E-state index in [2.05, 4.69) is 32.7 Å². The van der Waals surface area contributed by atoms with Gasteiger partial charge in [-0.3, -0.25) is 0 Å². The van der Waals surface area contributed by atoms with Gasteiger partial charge in [0.05, 0.1) is 0 Å². The second-order valence-corrected chi connectivity index (χ2v) is 3.88. The van der Waals surface area contributed by atoms with Gasteiger partial charge in [-0.15, -0.1) is 0 Å². The van der Waals surface area contributed by atoms with Gasteiger partial charge in [0.25, 0.3) is 0 Å². The van der Waals surface area contributed by atoms with Crippen molar-refractivity contribution in [3.05, 3.63) is 24.5 Å². The Labute approximate surface area is 63.5 Å². The molecule has 0 aliphatic heterocycles. The molecule has 0 aliphatic rings. The highest BCUT2D eigenvalue weighted by Crippen LogP contribution is 2.07. The normalized spacial score (nSPS) is 10.0. The smallest absolute Gasteiger partial charge is 0.000496 e. The van der Waals surface area contributed by atoms with Crippen LogP contribution in [-0.4, -0.2) is 4.98 Å². The van der Waals surface area contributed by atoms with Gasteiger partial charge in [-0.05, 0) is 17.5 Å². The second kappa shape index (κ2) is 4.15. The van der Waals surface area contributed by atoms with Crippen molar-refractivity contribution in [2.75, 3.05) is 0 Å². The topological polar surface area (TPSA) is 15.8 Å². The van der Waals surface area contributed by atoms with Gasteiger partial charge in [0.1, 0.15) is 0 Å². The standard InChI is InChI=1S/C5H12.C4H5N/c1-5(2,3)4;1-2-4-5-3-1/h1-4H3;1-5H. The van der Waals surface area contributed by atoms with Crippen LogP contribution in [0, 0.1) is 5.41 Å². The molecule has 0 aromatic carbocycles. The first-order valence-electron chi connectivity index (χ1n) is 3.58. The van der Waals surface area contributed by atoms with E-state index in [1.54, 1.807) is 0 Å². The maximum Gasteiger partial charge on any atom is 0.000496 e. The summed E-state index contributed by atoms with van der Waals surface area (Å²) in [6.45, 7) is 8.75. The van der Waals surface area contributed by atoms with Gasteiger partial charge in [-0.2, -0.15) is 0 Å². The minimum absolute atomic E-state index is 0.500. The van der Waals surface area contributed by atoms with Crippen LogP contribution in [0.15, 0.2) is 24.5 Å². The highest BCUT2D eigenvalue weighted by atomic mass is 14.6. The molecule has 10 heavy (non-hydrogen) atoms. The average Bonchev–Trinajstić information content (AvgIpc) is 2.07. The van der Waals surface area contributed by atoms with Gasteiger partial charge in [0.2, 0.25) is 0 Å². The molecule has 1 aromatic heterocycles. The van der Waals surface area contributed by atoms with E-state index in [4.69, 9.17) is 0 Å². The number of aromatic nitrogens is 1. The molecule has 0 fully saturated rings. The highest BCUT2D eigenvalue weighted by Gasteiger charge is 1.95. The van der Waals surface area contributed by atoms with Crippen LogP contribution in [0.2, 0.25) is 0 Å². The molecule has 0 radical (unpaired) electrons. The van der Waals surface area contributed by atoms with Crippen molar-refractivity contribution in [2.24, 2.45) is 5.41 Å². The summed E-state index contributed by atoms with van der Waals surface area (Å²) in [7, 11) is 0. The number of hydrogen-bond acceptors (Lipinski definition) is 0. The fraction of sp³-hybridized carbons (Fsp3) is 0.556. The van der Waals surface area contributed by atoms with Crippen molar-refractivity contribution in [3.8, 4) is 0 Å². The lowest BCUT2D eigenvalue weighted by Gasteiger charge is -2.05. The van der Waals surface area contributed by atoms with Crippen molar-refractivity contribution in [1.29, 1.82) is 0 Å². The zero-order valence-corrected chi connectivity index (χ0v) is 7.31. The molecule has 1 nitrogen and oxygen atoms in total. The Hall–Kier alpha value is -0.720. The Bertz CT molecular complexity index is 111. The van der Waals surface area contributed by atoms with Crippen LogP contribution in [0.4, 0.5) is 0 Å². The summed E-state index contributed by atoms with van der Waals surface area (Å²) in [5.41, 5.74) is 0.500. The van der Waals surface area contributed by atoms with Gasteiger partial charge in [-0.1, -0.05) is 27.7 Å². The quantitative estimate of drug-likeness (QED) is 0.568. The van der Waals surface area contributed by atoms with E-state index in [0.717, 1.165) is 0 Å². The molecule has 0 saturated carbocycles. The van der Waals surface area contributed by atoms with E-state index in [9.17, 15) is 0 Å². The van der Waals surface area contributed by atoms with Gasteiger partial charge in [-0.25, -0.2) is 0 Å². The Kier molecular flexibility index (Phi) is 3.85. The molecule has 0 bridgehead atoms. The first-order chi connectivity index (χ1) is 4.50. The third-order valence-corrected chi connectivity index (χ3v) is 0.496. The first-order valence-corrected chi connectivity index (χ1v) is 3.58. The first kappa shape index (κ1) is 9.28. The zero-order chi connectivity index (χ0) is 8.04. The van der Waals surface area contributed by atoms with E-state index < -0.39 is 0 Å². The Balaban J connectivity index is 0.000000162. The SMILES string of the molecule is CC(C)(C)C.c1cc[nH]c1. The maximum atomic E-state index is 2.86. The molecule has 1 aromatic rings. The molecule has 1 heterocycles. The van der Waals surface area contributed by atoms with Crippen LogP contribution in [0.25, 0.3) is 0 Å². The van der Waals surface area contributed by atoms with Crippen molar-refractivity contribution < 1.29 is 0 Å². The number of H-pyrrole nitrogens is 1. The lowest BCUT2D eigenvalue weighted by atomic mass is 10.0. The van der Waals surface area contributed by atoms with Crippen LogP contribution in [-0.2, 0) is 0 Å². The number of rotatable bonds is 0. The number of nitrogens with one attached hydrogen (secondary N) is 1. The van der Waals surface area contributed by atoms with Crippen LogP contribution in [0.3, 0.4) is 0 Å². The fourth-order valence-corrected chi connectivity index (χ4v) is 0.278. The van der Waals surface area contributed by atoms with Crippen molar-refractivity contribution in [3.63, 3.8) is 0 Å². The molecule has 1 heteroatoms. The predicted molar refractivity (Wildman–Crippen MR) is 45.9 cm³/mol. The third-order valence-electron chi connectivity index (χ3n) is 0.496. The molecule has 0 saturated heterocycles. The van der Waals surface area contributed by atoms with Gasteiger partial charge < -0.3 is 4.98 Å². The van der Waals surface area contributed by atoms with Crippen LogP contribution in [0.5, 0.6) is 0 Å². The van der Waals surface area contributed by atoms with E-state index in [1.165, 1.54) is 0 Å². The predicted octanol–water partition coefficient (Wildman–Crippen LogP) is 3.07. The molecule has 0 aliphatic carbocycles. The number of aromatic amines is 1. The summed E-state index contributed by atoms with van der Waals surface area (Å²) in [5, 5.41) is 0. The lowest BCUT2D eigenvalue weighted by molar-refractivity contribution is 0.469. The largest absolute Gasteiger partial charge is 0.368 e. The van der Waals surface area contributed by atoms with Crippen LogP contribution >= 0.6 is 0 Å². The van der Waals surface area contributed by atoms with Crippen molar-refractivity contribution >= 4 is 0 Å². The number of hydrogen-bond donors (Lipinski definition) is 1. The van der Waals surface area contributed by atoms with Crippen LogP contribution < -0.4 is 0 Å². The zero-order valence-electron chi connectivity index (χ0n) is 7.31. The van der Waals surface area contributed by atoms with Gasteiger partial charge in [0, 0.05) is 12.4 Å². The van der Waals surface area contributed by atoms with Gasteiger partial charge >= 0.3 is 0 Å². The summed E-state index contributed by atoms with van der Waals surface area (Å²) in [6, 6.07) is 3.89. The van der Waals surface area contributed by atoms with Crippen molar-refractivity contribution in [2.45, 2.75) is 27.7 Å². The minimum atomic E-state index is 0.500. The fourth-order valence-electron chi connectivity index (χ4n) is 0.278. The molecular weight excluding hydrogens is 122 g/mol. The molecule has 58 valence electrons. The van der Waals surface area contributed by atoms with Crippen molar-refractivity contribution in [1.82, 2.24) is 4.98 Å². The van der Waals surface area contributed by atoms with Crippen LogP contribution in [0.1, 0.15) is 27.7 Å². The summed E-state index contributed by atoms with van der Waals surface area (Å²) >= 11 is 0. The monoisotopic (exact) mass is 139 g/mol. The Morgan fingerprint density at radius 3 is 1.30 bits per heavy atom. The highest BCUT2D eigenvalue weighted by molar-refractivity contribution is 4.84. The molecule has 0 amide bonds. The molecule has 1 rings (SSSR count). The summed E-state index contributed by atoms with van der Waals surface area (Å²) in [4.78, 5) is 2.86. The summed E-state index contributed by atoms with van der Waals surface area (Å²) in [6.07, 6.45) is 3.75. The molecule has 1 N–H and O–H groups in total. The average molecular weight is 139 g/mol. The minimum Gasteiger partial charge on any atom is -0.368 e. The summed E-state index contributed by atoms with van der Waals surface area (Å²) in [5.74, 6) is 0. The Morgan fingerprint density at radius 2 is 1.20 bits per heavy atom. The van der Waals surface area contributed by atoms with E-state index in [1.807, 2.05) is 24.5 Å². The third kappa shape index (κ3) is 15.7. The molecule has 0 spiro atoms. The second-order valence-electron chi connectivity index (χ2n) is 3.88.